The van der Waals surface area contributed by atoms with Crippen molar-refractivity contribution in [1.29, 1.82) is 0 Å². The SMILES string of the molecule is BC1c2ccccc2SC(B)(B)c2cc(F)ccc21. The summed E-state index contributed by atoms with van der Waals surface area (Å²) in [5.41, 5.74) is 3.69. The molecular weight excluding hydrogens is 252 g/mol. The van der Waals surface area contributed by atoms with E-state index in [1.54, 1.807) is 12.1 Å². The number of hydrogen-bond acceptors (Lipinski definition) is 1. The standard InChI is InChI=1S/C14H14B3FS/c15-13-9-6-5-8(18)7-11(9)14(16,17)19-12-4-2-1-3-10(12)13/h1-7,13H,15-17H2. The monoisotopic (exact) mass is 266 g/mol. The van der Waals surface area contributed by atoms with Crippen LogP contribution in [0.2, 0.25) is 0 Å². The first-order valence-electron chi connectivity index (χ1n) is 6.57. The predicted molar refractivity (Wildman–Crippen MR) is 87.9 cm³/mol. The van der Waals surface area contributed by atoms with Crippen LogP contribution in [0.3, 0.4) is 0 Å². The van der Waals surface area contributed by atoms with Gasteiger partial charge in [-0.1, -0.05) is 24.3 Å². The lowest BCUT2D eigenvalue weighted by Gasteiger charge is -2.25. The van der Waals surface area contributed by atoms with Crippen LogP contribution in [-0.2, 0) is 4.55 Å². The summed E-state index contributed by atoms with van der Waals surface area (Å²) in [6.07, 6.45) is 0. The third kappa shape index (κ3) is 2.14. The highest BCUT2D eigenvalue weighted by Crippen LogP contribution is 2.46. The molecule has 0 spiro atoms. The van der Waals surface area contributed by atoms with E-state index in [1.165, 1.54) is 16.0 Å². The average molecular weight is 266 g/mol. The average Bonchev–Trinajstić information content (AvgIpc) is 2.45. The zero-order valence-electron chi connectivity index (χ0n) is 11.4. The van der Waals surface area contributed by atoms with E-state index >= 15 is 0 Å². The molecule has 2 aromatic carbocycles. The second kappa shape index (κ2) is 4.48. The zero-order chi connectivity index (χ0) is 13.6. The highest BCUT2D eigenvalue weighted by atomic mass is 32.2. The lowest BCUT2D eigenvalue weighted by atomic mass is 9.61. The van der Waals surface area contributed by atoms with E-state index in [0.717, 1.165) is 5.56 Å². The number of fused-ring (bicyclic) bond motifs is 2. The van der Waals surface area contributed by atoms with Crippen molar-refractivity contribution in [2.24, 2.45) is 0 Å². The summed E-state index contributed by atoms with van der Waals surface area (Å²) >= 11 is 1.82. The van der Waals surface area contributed by atoms with Gasteiger partial charge in [-0.15, -0.1) is 11.8 Å². The van der Waals surface area contributed by atoms with Gasteiger partial charge in [-0.05, 0) is 45.3 Å². The fourth-order valence-corrected chi connectivity index (χ4v) is 4.20. The van der Waals surface area contributed by atoms with E-state index in [-0.39, 0.29) is 10.4 Å². The van der Waals surface area contributed by atoms with Crippen LogP contribution >= 0.6 is 11.8 Å². The van der Waals surface area contributed by atoms with Crippen LogP contribution < -0.4 is 0 Å². The molecule has 1 heterocycles. The van der Waals surface area contributed by atoms with Gasteiger partial charge in [0.15, 0.2) is 0 Å². The van der Waals surface area contributed by atoms with E-state index in [2.05, 4.69) is 47.8 Å². The zero-order valence-corrected chi connectivity index (χ0v) is 12.2. The fraction of sp³-hybridized carbons (Fsp3) is 0.143. The molecule has 0 aliphatic carbocycles. The van der Waals surface area contributed by atoms with Crippen LogP contribution in [0.15, 0.2) is 47.4 Å². The first-order chi connectivity index (χ1) is 8.99. The Hall–Kier alpha value is -1.09. The normalized spacial score (nSPS) is 20.2. The molecule has 0 N–H and O–H groups in total. The third-order valence-corrected chi connectivity index (χ3v) is 5.20. The second-order valence-corrected chi connectivity index (χ2v) is 7.27. The summed E-state index contributed by atoms with van der Waals surface area (Å²) in [6, 6.07) is 13.7. The van der Waals surface area contributed by atoms with Crippen LogP contribution in [-0.4, -0.2) is 23.5 Å². The van der Waals surface area contributed by atoms with Gasteiger partial charge in [0.1, 0.15) is 29.4 Å². The second-order valence-electron chi connectivity index (χ2n) is 5.60. The number of halogens is 1. The number of rotatable bonds is 0. The summed E-state index contributed by atoms with van der Waals surface area (Å²) < 4.78 is 13.5. The van der Waals surface area contributed by atoms with Crippen molar-refractivity contribution < 1.29 is 4.39 Å². The molecule has 2 aromatic rings. The Balaban J connectivity index is 2.28. The van der Waals surface area contributed by atoms with Crippen LogP contribution in [0.5, 0.6) is 0 Å². The topological polar surface area (TPSA) is 0 Å². The molecule has 0 saturated heterocycles. The van der Waals surface area contributed by atoms with Gasteiger partial charge in [-0.25, -0.2) is 4.39 Å². The van der Waals surface area contributed by atoms with E-state index in [1.807, 2.05) is 17.8 Å². The highest BCUT2D eigenvalue weighted by molar-refractivity contribution is 8.02. The molecule has 1 unspecified atom stereocenters. The fourth-order valence-electron chi connectivity index (χ4n) is 2.86. The summed E-state index contributed by atoms with van der Waals surface area (Å²) in [5.74, 6) is 0.159. The van der Waals surface area contributed by atoms with Gasteiger partial charge in [0.05, 0.1) is 0 Å². The molecule has 0 amide bonds. The molecule has 19 heavy (non-hydrogen) atoms. The predicted octanol–water partition coefficient (Wildman–Crippen LogP) is 1.03. The molecule has 5 heteroatoms. The maximum atomic E-state index is 13.6. The molecule has 1 aliphatic rings. The lowest BCUT2D eigenvalue weighted by Crippen LogP contribution is -2.23. The summed E-state index contributed by atoms with van der Waals surface area (Å²) in [7, 11) is 6.55. The minimum absolute atomic E-state index is 0.113. The van der Waals surface area contributed by atoms with Crippen molar-refractivity contribution in [2.75, 3.05) is 0 Å². The summed E-state index contributed by atoms with van der Waals surface area (Å²) in [5, 5.41) is 0. The first kappa shape index (κ1) is 12.9. The third-order valence-electron chi connectivity index (χ3n) is 3.88. The minimum Gasteiger partial charge on any atom is -0.207 e. The Bertz CT molecular complexity index is 642. The molecule has 0 nitrogen and oxygen atoms in total. The van der Waals surface area contributed by atoms with Crippen molar-refractivity contribution in [3.05, 3.63) is 65.0 Å². The van der Waals surface area contributed by atoms with Crippen molar-refractivity contribution in [3.63, 3.8) is 0 Å². The van der Waals surface area contributed by atoms with Gasteiger partial charge >= 0.3 is 0 Å². The first-order valence-corrected chi connectivity index (χ1v) is 7.38. The molecule has 92 valence electrons. The Morgan fingerprint density at radius 1 is 1.05 bits per heavy atom. The smallest absolute Gasteiger partial charge is 0.123 e. The molecule has 0 radical (unpaired) electrons. The molecular formula is C14H14B3FS. The van der Waals surface area contributed by atoms with Gasteiger partial charge in [0.2, 0.25) is 0 Å². The van der Waals surface area contributed by atoms with Gasteiger partial charge < -0.3 is 0 Å². The van der Waals surface area contributed by atoms with Crippen molar-refractivity contribution in [2.45, 2.75) is 15.3 Å². The van der Waals surface area contributed by atoms with E-state index in [9.17, 15) is 4.39 Å². The Morgan fingerprint density at radius 3 is 2.58 bits per heavy atom. The molecule has 0 aromatic heterocycles. The van der Waals surface area contributed by atoms with E-state index < -0.39 is 0 Å². The summed E-state index contributed by atoms with van der Waals surface area (Å²) in [6.45, 7) is 0. The Kier molecular flexibility index (Phi) is 3.05. The van der Waals surface area contributed by atoms with Gasteiger partial charge in [0.25, 0.3) is 0 Å². The highest BCUT2D eigenvalue weighted by Gasteiger charge is 2.32. The van der Waals surface area contributed by atoms with Gasteiger partial charge in [-0.3, -0.25) is 0 Å². The van der Waals surface area contributed by atoms with Crippen LogP contribution in [0.25, 0.3) is 0 Å². The maximum absolute atomic E-state index is 13.6. The molecule has 0 fully saturated rings. The van der Waals surface area contributed by atoms with Crippen molar-refractivity contribution in [1.82, 2.24) is 0 Å². The number of hydrogen-bond donors (Lipinski definition) is 0. The summed E-state index contributed by atoms with van der Waals surface area (Å²) in [4.78, 5) is 1.30. The quantitative estimate of drug-likeness (QED) is 0.642. The number of benzene rings is 2. The van der Waals surface area contributed by atoms with Crippen molar-refractivity contribution >= 4 is 35.3 Å². The molecule has 1 aliphatic heterocycles. The van der Waals surface area contributed by atoms with Gasteiger partial charge in [0, 0.05) is 4.90 Å². The molecule has 0 saturated carbocycles. The van der Waals surface area contributed by atoms with Crippen LogP contribution in [0.1, 0.15) is 22.5 Å². The van der Waals surface area contributed by atoms with Crippen LogP contribution in [0.4, 0.5) is 4.39 Å². The van der Waals surface area contributed by atoms with Crippen molar-refractivity contribution in [3.8, 4) is 0 Å². The van der Waals surface area contributed by atoms with E-state index in [0.29, 0.717) is 5.82 Å². The number of thioether (sulfide) groups is 1. The molecule has 1 atom stereocenters. The molecule has 0 bridgehead atoms. The largest absolute Gasteiger partial charge is 0.207 e. The van der Waals surface area contributed by atoms with Crippen LogP contribution in [0, 0.1) is 5.82 Å². The van der Waals surface area contributed by atoms with Gasteiger partial charge in [-0.2, -0.15) is 0 Å². The van der Waals surface area contributed by atoms with E-state index in [4.69, 9.17) is 0 Å². The Labute approximate surface area is 120 Å². The maximum Gasteiger partial charge on any atom is 0.123 e. The lowest BCUT2D eigenvalue weighted by molar-refractivity contribution is 0.625. The minimum atomic E-state index is -0.148. The Morgan fingerprint density at radius 2 is 1.79 bits per heavy atom. The molecule has 3 rings (SSSR count).